The first-order valence-electron chi connectivity index (χ1n) is 12.4. The number of ketones is 2. The molecule has 2 aromatic rings. The minimum Gasteiger partial charge on any atom is -0.496 e. The molecule has 0 N–H and O–H groups in total. The number of Topliss-reactive ketones (excluding diaryl/α,β-unsaturated/α-hetero) is 2. The Morgan fingerprint density at radius 1 is 0.711 bits per heavy atom. The summed E-state index contributed by atoms with van der Waals surface area (Å²) in [5, 5.41) is 2.88. The molecule has 1 amide bonds. The van der Waals surface area contributed by atoms with Crippen molar-refractivity contribution in [3.05, 3.63) is 55.5 Å². The molecular weight excluding hydrogens is 574 g/mol. The zero-order chi connectivity index (χ0) is 27.6. The predicted octanol–water partition coefficient (Wildman–Crippen LogP) is 6.64. The number of amides is 1. The number of halogens is 4. The van der Waals surface area contributed by atoms with Gasteiger partial charge in [0.15, 0.2) is 17.3 Å². The Labute approximate surface area is 241 Å². The van der Waals surface area contributed by atoms with Crippen molar-refractivity contribution in [2.45, 2.75) is 32.6 Å². The molecule has 4 rings (SSSR count). The molecule has 204 valence electrons. The maximum absolute atomic E-state index is 13.4. The van der Waals surface area contributed by atoms with E-state index in [1.54, 1.807) is 34.2 Å². The van der Waals surface area contributed by atoms with Crippen LogP contribution in [0.15, 0.2) is 24.3 Å². The lowest BCUT2D eigenvalue weighted by molar-refractivity contribution is -0.130. The van der Waals surface area contributed by atoms with Crippen LogP contribution in [-0.2, 0) is 4.79 Å². The summed E-state index contributed by atoms with van der Waals surface area (Å²) in [7, 11) is 1.48. The van der Waals surface area contributed by atoms with Gasteiger partial charge in [-0.05, 0) is 37.8 Å². The first-order valence-corrected chi connectivity index (χ1v) is 13.9. The van der Waals surface area contributed by atoms with E-state index in [0.717, 1.165) is 0 Å². The molecular formula is C27H28Cl4N2O5. The third-order valence-electron chi connectivity index (χ3n) is 7.16. The van der Waals surface area contributed by atoms with Gasteiger partial charge in [-0.3, -0.25) is 14.4 Å². The SMILES string of the molecule is COc1cc(Cl)c(Cl)cc1C(=O)C1CCN(Oc2cc(Cl)c(Cl)cc2C(=O)C2CCN(C(C)=O)CC2)CC1. The molecule has 2 aliphatic rings. The second kappa shape index (κ2) is 12.4. The molecule has 0 atom stereocenters. The monoisotopic (exact) mass is 600 g/mol. The van der Waals surface area contributed by atoms with Crippen molar-refractivity contribution in [3.63, 3.8) is 0 Å². The Morgan fingerprint density at radius 2 is 1.13 bits per heavy atom. The standard InChI is InChI=1S/C27H28Cl4N2O5/c1-15(34)32-7-3-16(4-8-32)27(36)19-12-21(29)23(31)14-25(19)38-33-9-5-17(6-10-33)26(35)18-11-20(28)22(30)13-24(18)37-2/h11-14,16-17H,3-10H2,1-2H3. The molecule has 2 saturated heterocycles. The highest BCUT2D eigenvalue weighted by Gasteiger charge is 2.32. The van der Waals surface area contributed by atoms with Crippen LogP contribution in [0, 0.1) is 11.8 Å². The molecule has 2 heterocycles. The van der Waals surface area contributed by atoms with Gasteiger partial charge >= 0.3 is 0 Å². The third-order valence-corrected chi connectivity index (χ3v) is 8.60. The number of hydroxylamine groups is 2. The summed E-state index contributed by atoms with van der Waals surface area (Å²) in [6.45, 7) is 3.53. The van der Waals surface area contributed by atoms with E-state index in [1.165, 1.54) is 14.0 Å². The lowest BCUT2D eigenvalue weighted by Crippen LogP contribution is -2.40. The number of piperidine rings is 2. The van der Waals surface area contributed by atoms with Gasteiger partial charge in [-0.2, -0.15) is 0 Å². The van der Waals surface area contributed by atoms with Gasteiger partial charge in [0.2, 0.25) is 5.91 Å². The van der Waals surface area contributed by atoms with Crippen molar-refractivity contribution < 1.29 is 24.0 Å². The van der Waals surface area contributed by atoms with E-state index in [9.17, 15) is 14.4 Å². The van der Waals surface area contributed by atoms with E-state index < -0.39 is 0 Å². The molecule has 0 spiro atoms. The van der Waals surface area contributed by atoms with Crippen LogP contribution in [-0.4, -0.2) is 60.7 Å². The van der Waals surface area contributed by atoms with Crippen LogP contribution in [0.2, 0.25) is 20.1 Å². The number of benzene rings is 2. The quantitative estimate of drug-likeness (QED) is 0.331. The van der Waals surface area contributed by atoms with Gasteiger partial charge in [-0.15, -0.1) is 5.06 Å². The first-order chi connectivity index (χ1) is 18.1. The second-order valence-corrected chi connectivity index (χ2v) is 11.2. The molecule has 0 aromatic heterocycles. The maximum atomic E-state index is 13.4. The molecule has 7 nitrogen and oxygen atoms in total. The summed E-state index contributed by atoms with van der Waals surface area (Å²) in [6, 6.07) is 6.19. The smallest absolute Gasteiger partial charge is 0.219 e. The molecule has 0 unspecified atom stereocenters. The van der Waals surface area contributed by atoms with E-state index in [4.69, 9.17) is 56.0 Å². The van der Waals surface area contributed by atoms with E-state index in [2.05, 4.69) is 0 Å². The molecule has 0 radical (unpaired) electrons. The summed E-state index contributed by atoms with van der Waals surface area (Å²) < 4.78 is 5.34. The number of ether oxygens (including phenoxy) is 1. The van der Waals surface area contributed by atoms with Crippen LogP contribution in [0.3, 0.4) is 0 Å². The first kappa shape index (κ1) is 29.0. The van der Waals surface area contributed by atoms with Crippen molar-refractivity contribution in [3.8, 4) is 11.5 Å². The summed E-state index contributed by atoms with van der Waals surface area (Å²) >= 11 is 24.8. The molecule has 2 aliphatic heterocycles. The molecule has 0 aliphatic carbocycles. The van der Waals surface area contributed by atoms with Crippen molar-refractivity contribution in [2.24, 2.45) is 11.8 Å². The van der Waals surface area contributed by atoms with Gasteiger partial charge in [0.25, 0.3) is 0 Å². The average molecular weight is 602 g/mol. The van der Waals surface area contributed by atoms with Gasteiger partial charge in [-0.25, -0.2) is 0 Å². The number of rotatable bonds is 7. The highest BCUT2D eigenvalue weighted by atomic mass is 35.5. The predicted molar refractivity (Wildman–Crippen MR) is 148 cm³/mol. The van der Waals surface area contributed by atoms with Gasteiger partial charge < -0.3 is 14.5 Å². The lowest BCUT2D eigenvalue weighted by Gasteiger charge is -2.32. The minimum atomic E-state index is -0.248. The fraction of sp³-hybridized carbons (Fsp3) is 0.444. The minimum absolute atomic E-state index is 0.00828. The van der Waals surface area contributed by atoms with Gasteiger partial charge in [0, 0.05) is 57.1 Å². The number of methoxy groups -OCH3 is 1. The Morgan fingerprint density at radius 3 is 1.61 bits per heavy atom. The average Bonchev–Trinajstić information content (AvgIpc) is 2.91. The highest BCUT2D eigenvalue weighted by Crippen LogP contribution is 2.36. The summed E-state index contributed by atoms with van der Waals surface area (Å²) in [6.07, 6.45) is 2.22. The van der Waals surface area contributed by atoms with E-state index in [0.29, 0.717) is 84.5 Å². The van der Waals surface area contributed by atoms with E-state index >= 15 is 0 Å². The normalized spacial score (nSPS) is 17.4. The van der Waals surface area contributed by atoms with E-state index in [1.807, 2.05) is 0 Å². The molecule has 11 heteroatoms. The van der Waals surface area contributed by atoms with Crippen LogP contribution in [0.4, 0.5) is 0 Å². The Balaban J connectivity index is 1.44. The third kappa shape index (κ3) is 6.40. The molecule has 38 heavy (non-hydrogen) atoms. The van der Waals surface area contributed by atoms with Crippen molar-refractivity contribution in [2.75, 3.05) is 33.3 Å². The fourth-order valence-corrected chi connectivity index (χ4v) is 5.57. The van der Waals surface area contributed by atoms with Crippen molar-refractivity contribution in [1.82, 2.24) is 9.96 Å². The van der Waals surface area contributed by atoms with Crippen LogP contribution in [0.1, 0.15) is 53.3 Å². The molecule has 2 aromatic carbocycles. The highest BCUT2D eigenvalue weighted by molar-refractivity contribution is 6.43. The van der Waals surface area contributed by atoms with Gasteiger partial charge in [-0.1, -0.05) is 46.4 Å². The van der Waals surface area contributed by atoms with Crippen LogP contribution < -0.4 is 9.57 Å². The summed E-state index contributed by atoms with van der Waals surface area (Å²) in [5.41, 5.74) is 0.758. The molecule has 0 saturated carbocycles. The topological polar surface area (TPSA) is 76.2 Å². The zero-order valence-electron chi connectivity index (χ0n) is 21.1. The fourth-order valence-electron chi connectivity index (χ4n) is 4.93. The molecule has 2 fully saturated rings. The van der Waals surface area contributed by atoms with Crippen molar-refractivity contribution >= 4 is 63.9 Å². The Bertz CT molecular complexity index is 1240. The number of hydrogen-bond acceptors (Lipinski definition) is 6. The largest absolute Gasteiger partial charge is 0.496 e. The number of nitrogens with zero attached hydrogens (tertiary/aromatic N) is 2. The van der Waals surface area contributed by atoms with Crippen LogP contribution >= 0.6 is 46.4 Å². The van der Waals surface area contributed by atoms with Crippen LogP contribution in [0.5, 0.6) is 11.5 Å². The lowest BCUT2D eigenvalue weighted by atomic mass is 9.88. The van der Waals surface area contributed by atoms with E-state index in [-0.39, 0.29) is 39.4 Å². The zero-order valence-corrected chi connectivity index (χ0v) is 24.1. The molecule has 0 bridgehead atoms. The number of likely N-dealkylation sites (tertiary alicyclic amines) is 1. The second-order valence-electron chi connectivity index (χ2n) is 9.53. The van der Waals surface area contributed by atoms with Gasteiger partial charge in [0.1, 0.15) is 5.75 Å². The van der Waals surface area contributed by atoms with Crippen molar-refractivity contribution in [1.29, 1.82) is 0 Å². The number of hydrogen-bond donors (Lipinski definition) is 0. The Hall–Kier alpha value is -2.03. The Kier molecular flexibility index (Phi) is 9.48. The summed E-state index contributed by atoms with van der Waals surface area (Å²) in [5.74, 6) is 0.0810. The summed E-state index contributed by atoms with van der Waals surface area (Å²) in [4.78, 5) is 46.2. The van der Waals surface area contributed by atoms with Crippen LogP contribution in [0.25, 0.3) is 0 Å². The number of carbonyl (C=O) groups is 3. The number of carbonyl (C=O) groups excluding carboxylic acids is 3. The maximum Gasteiger partial charge on any atom is 0.219 e. The van der Waals surface area contributed by atoms with Gasteiger partial charge in [0.05, 0.1) is 38.3 Å².